The van der Waals surface area contributed by atoms with Crippen molar-refractivity contribution in [3.63, 3.8) is 0 Å². The van der Waals surface area contributed by atoms with Crippen molar-refractivity contribution in [3.8, 4) is 0 Å². The lowest BCUT2D eigenvalue weighted by molar-refractivity contribution is 1.03. The van der Waals surface area contributed by atoms with Crippen molar-refractivity contribution in [2.24, 2.45) is 0 Å². The van der Waals surface area contributed by atoms with Crippen molar-refractivity contribution in [2.45, 2.75) is 6.54 Å². The number of nitrogens with two attached hydrogens (primary N) is 1. The van der Waals surface area contributed by atoms with Crippen molar-refractivity contribution in [3.05, 3.63) is 60.6 Å². The van der Waals surface area contributed by atoms with Gasteiger partial charge in [0.1, 0.15) is 5.82 Å². The Morgan fingerprint density at radius 2 is 1.84 bits per heavy atom. The second-order valence-corrected chi connectivity index (χ2v) is 4.28. The molecule has 94 valence electrons. The van der Waals surface area contributed by atoms with Gasteiger partial charge >= 0.3 is 0 Å². The highest BCUT2D eigenvalue weighted by Crippen LogP contribution is 2.25. The van der Waals surface area contributed by atoms with E-state index in [2.05, 4.69) is 15.3 Å². The van der Waals surface area contributed by atoms with E-state index in [1.165, 1.54) is 0 Å². The molecule has 0 spiro atoms. The molecule has 0 fully saturated rings. The predicted molar refractivity (Wildman–Crippen MR) is 77.7 cm³/mol. The maximum atomic E-state index is 5.96. The first-order chi connectivity index (χ1) is 9.34. The molecule has 4 heteroatoms. The van der Waals surface area contributed by atoms with Crippen LogP contribution in [0.4, 0.5) is 11.5 Å². The second kappa shape index (κ2) is 4.94. The number of fused-ring (bicyclic) bond motifs is 1. The largest absolute Gasteiger partial charge is 0.398 e. The fraction of sp³-hybridized carbons (Fsp3) is 0.0667. The number of benzene rings is 1. The van der Waals surface area contributed by atoms with Gasteiger partial charge in [0, 0.05) is 28.9 Å². The van der Waals surface area contributed by atoms with Gasteiger partial charge in [-0.05, 0) is 24.3 Å². The lowest BCUT2D eigenvalue weighted by Gasteiger charge is -2.09. The highest BCUT2D eigenvalue weighted by Gasteiger charge is 2.04. The normalized spacial score (nSPS) is 10.5. The van der Waals surface area contributed by atoms with E-state index in [4.69, 9.17) is 5.73 Å². The smallest absolute Gasteiger partial charge is 0.134 e. The highest BCUT2D eigenvalue weighted by molar-refractivity contribution is 5.99. The summed E-state index contributed by atoms with van der Waals surface area (Å²) >= 11 is 0. The second-order valence-electron chi connectivity index (χ2n) is 4.28. The van der Waals surface area contributed by atoms with Crippen LogP contribution in [0.2, 0.25) is 0 Å². The Bertz CT molecular complexity index is 695. The van der Waals surface area contributed by atoms with Crippen molar-refractivity contribution >= 4 is 22.3 Å². The third kappa shape index (κ3) is 2.33. The molecule has 0 atom stereocenters. The minimum Gasteiger partial charge on any atom is -0.398 e. The van der Waals surface area contributed by atoms with Gasteiger partial charge in [0.05, 0.1) is 12.2 Å². The fourth-order valence-electron chi connectivity index (χ4n) is 2.05. The number of aromatic nitrogens is 2. The first-order valence-corrected chi connectivity index (χ1v) is 6.11. The van der Waals surface area contributed by atoms with Crippen LogP contribution < -0.4 is 11.1 Å². The topological polar surface area (TPSA) is 63.8 Å². The molecule has 0 saturated carbocycles. The average Bonchev–Trinajstić information content (AvgIpc) is 2.47. The fourth-order valence-corrected chi connectivity index (χ4v) is 2.05. The van der Waals surface area contributed by atoms with E-state index in [1.54, 1.807) is 12.4 Å². The Kier molecular flexibility index (Phi) is 2.98. The molecule has 0 saturated heterocycles. The number of nitrogen functional groups attached to an aromatic ring is 1. The lowest BCUT2D eigenvalue weighted by atomic mass is 10.1. The van der Waals surface area contributed by atoms with E-state index in [1.807, 2.05) is 42.5 Å². The summed E-state index contributed by atoms with van der Waals surface area (Å²) in [7, 11) is 0. The van der Waals surface area contributed by atoms with E-state index >= 15 is 0 Å². The molecule has 0 aliphatic carbocycles. The minimum atomic E-state index is 0.641. The molecule has 2 heterocycles. The van der Waals surface area contributed by atoms with Crippen LogP contribution in [-0.4, -0.2) is 9.97 Å². The van der Waals surface area contributed by atoms with E-state index in [-0.39, 0.29) is 0 Å². The number of rotatable bonds is 3. The molecule has 3 rings (SSSR count). The maximum Gasteiger partial charge on any atom is 0.134 e. The third-order valence-corrected chi connectivity index (χ3v) is 3.00. The van der Waals surface area contributed by atoms with E-state index in [0.29, 0.717) is 6.54 Å². The van der Waals surface area contributed by atoms with Crippen LogP contribution in [-0.2, 0) is 6.54 Å². The Balaban J connectivity index is 1.91. The van der Waals surface area contributed by atoms with Gasteiger partial charge in [0.25, 0.3) is 0 Å². The zero-order chi connectivity index (χ0) is 13.1. The molecule has 3 N–H and O–H groups in total. The summed E-state index contributed by atoms with van der Waals surface area (Å²) in [6.07, 6.45) is 3.55. The van der Waals surface area contributed by atoms with Crippen LogP contribution in [0.25, 0.3) is 10.8 Å². The van der Waals surface area contributed by atoms with E-state index in [9.17, 15) is 0 Å². The molecule has 1 aromatic carbocycles. The summed E-state index contributed by atoms with van der Waals surface area (Å²) in [5.41, 5.74) is 7.71. The number of hydrogen-bond donors (Lipinski definition) is 2. The van der Waals surface area contributed by atoms with Crippen molar-refractivity contribution < 1.29 is 0 Å². The predicted octanol–water partition coefficient (Wildman–Crippen LogP) is 2.82. The molecule has 0 aliphatic heterocycles. The quantitative estimate of drug-likeness (QED) is 0.702. The van der Waals surface area contributed by atoms with Gasteiger partial charge in [-0.1, -0.05) is 18.2 Å². The molecule has 19 heavy (non-hydrogen) atoms. The van der Waals surface area contributed by atoms with Gasteiger partial charge in [-0.25, -0.2) is 4.98 Å². The minimum absolute atomic E-state index is 0.641. The Morgan fingerprint density at radius 3 is 2.68 bits per heavy atom. The number of hydrogen-bond acceptors (Lipinski definition) is 4. The van der Waals surface area contributed by atoms with Crippen LogP contribution >= 0.6 is 0 Å². The van der Waals surface area contributed by atoms with Crippen LogP contribution in [0.5, 0.6) is 0 Å². The molecule has 2 aromatic heterocycles. The van der Waals surface area contributed by atoms with Gasteiger partial charge in [0.2, 0.25) is 0 Å². The zero-order valence-corrected chi connectivity index (χ0v) is 10.4. The van der Waals surface area contributed by atoms with Gasteiger partial charge in [-0.3, -0.25) is 4.98 Å². The van der Waals surface area contributed by atoms with Gasteiger partial charge < -0.3 is 11.1 Å². The van der Waals surface area contributed by atoms with E-state index in [0.717, 1.165) is 28.0 Å². The number of anilines is 2. The zero-order valence-electron chi connectivity index (χ0n) is 10.4. The van der Waals surface area contributed by atoms with Crippen molar-refractivity contribution in [1.82, 2.24) is 9.97 Å². The summed E-state index contributed by atoms with van der Waals surface area (Å²) in [5.74, 6) is 0.829. The highest BCUT2D eigenvalue weighted by atomic mass is 15.0. The first-order valence-electron chi connectivity index (χ1n) is 6.11. The summed E-state index contributed by atoms with van der Waals surface area (Å²) in [5, 5.41) is 5.34. The molecular formula is C15H14N4. The van der Waals surface area contributed by atoms with Crippen LogP contribution in [0.1, 0.15) is 5.69 Å². The van der Waals surface area contributed by atoms with Crippen molar-refractivity contribution in [2.75, 3.05) is 11.1 Å². The molecule has 0 unspecified atom stereocenters. The molecule has 4 nitrogen and oxygen atoms in total. The Hall–Kier alpha value is -2.62. The summed E-state index contributed by atoms with van der Waals surface area (Å²) in [6, 6.07) is 13.6. The molecule has 0 bridgehead atoms. The van der Waals surface area contributed by atoms with Gasteiger partial charge in [0.15, 0.2) is 0 Å². The van der Waals surface area contributed by atoms with Crippen molar-refractivity contribution in [1.29, 1.82) is 0 Å². The molecular weight excluding hydrogens is 236 g/mol. The summed E-state index contributed by atoms with van der Waals surface area (Å²) in [6.45, 7) is 0.641. The molecule has 3 aromatic rings. The molecule has 0 radical (unpaired) electrons. The average molecular weight is 250 g/mol. The van der Waals surface area contributed by atoms with Crippen LogP contribution in [0, 0.1) is 0 Å². The summed E-state index contributed by atoms with van der Waals surface area (Å²) < 4.78 is 0. The number of pyridine rings is 2. The van der Waals surface area contributed by atoms with E-state index < -0.39 is 0 Å². The lowest BCUT2D eigenvalue weighted by Crippen LogP contribution is -2.03. The van der Waals surface area contributed by atoms with Crippen LogP contribution in [0.15, 0.2) is 54.9 Å². The number of nitrogens with zero attached hydrogens (tertiary/aromatic N) is 2. The van der Waals surface area contributed by atoms with Gasteiger partial charge in [-0.2, -0.15) is 0 Å². The standard InChI is InChI=1S/C15H14N4/c16-14-6-3-5-13-12(14)7-9-18-15(13)19-10-11-4-1-2-8-17-11/h1-9H,10,16H2,(H,18,19). The summed E-state index contributed by atoms with van der Waals surface area (Å²) in [4.78, 5) is 8.65. The van der Waals surface area contributed by atoms with Gasteiger partial charge in [-0.15, -0.1) is 0 Å². The Morgan fingerprint density at radius 1 is 0.895 bits per heavy atom. The molecule has 0 amide bonds. The monoisotopic (exact) mass is 250 g/mol. The van der Waals surface area contributed by atoms with Crippen LogP contribution in [0.3, 0.4) is 0 Å². The SMILES string of the molecule is Nc1cccc2c(NCc3ccccn3)nccc12. The Labute approximate surface area is 111 Å². The number of nitrogens with one attached hydrogen (secondary N) is 1. The first kappa shape index (κ1) is 11.5. The third-order valence-electron chi connectivity index (χ3n) is 3.00. The molecule has 0 aliphatic rings. The maximum absolute atomic E-state index is 5.96.